The zero-order valence-corrected chi connectivity index (χ0v) is 12.1. The molecule has 7 heteroatoms. The Morgan fingerprint density at radius 2 is 1.70 bits per heavy atom. The Morgan fingerprint density at radius 1 is 1.09 bits per heavy atom. The Hall–Kier alpha value is -3.06. The first-order valence-corrected chi connectivity index (χ1v) is 6.77. The maximum Gasteiger partial charge on any atom is 0.332 e. The van der Waals surface area contributed by atoms with Gasteiger partial charge in [-0.15, -0.1) is 0 Å². The van der Waals surface area contributed by atoms with Crippen molar-refractivity contribution >= 4 is 17.6 Å². The molecule has 0 amide bonds. The summed E-state index contributed by atoms with van der Waals surface area (Å²) < 4.78 is 5.17. The molecule has 0 spiro atoms. The molecule has 2 aromatic rings. The SMILES string of the molecule is NC(C(=O)Oc1ccc(NCC(=O)O)cc1)c1ccc(O)cc1. The van der Waals surface area contributed by atoms with Crippen LogP contribution in [-0.4, -0.2) is 28.7 Å². The zero-order valence-electron chi connectivity index (χ0n) is 12.1. The van der Waals surface area contributed by atoms with E-state index in [1.807, 2.05) is 0 Å². The van der Waals surface area contributed by atoms with Crippen LogP contribution in [-0.2, 0) is 9.59 Å². The third-order valence-corrected chi connectivity index (χ3v) is 3.02. The third kappa shape index (κ3) is 4.72. The fourth-order valence-electron chi connectivity index (χ4n) is 1.82. The van der Waals surface area contributed by atoms with E-state index in [0.717, 1.165) is 0 Å². The molecule has 0 fully saturated rings. The van der Waals surface area contributed by atoms with Gasteiger partial charge in [-0.1, -0.05) is 12.1 Å². The van der Waals surface area contributed by atoms with Crippen LogP contribution in [0.3, 0.4) is 0 Å². The van der Waals surface area contributed by atoms with Crippen LogP contribution in [0.2, 0.25) is 0 Å². The van der Waals surface area contributed by atoms with Gasteiger partial charge in [0.15, 0.2) is 0 Å². The fraction of sp³-hybridized carbons (Fsp3) is 0.125. The molecule has 7 nitrogen and oxygen atoms in total. The summed E-state index contributed by atoms with van der Waals surface area (Å²) in [5, 5.41) is 20.5. The molecular formula is C16H16N2O5. The van der Waals surface area contributed by atoms with Crippen molar-refractivity contribution in [3.8, 4) is 11.5 Å². The van der Waals surface area contributed by atoms with Gasteiger partial charge in [-0.2, -0.15) is 0 Å². The first kappa shape index (κ1) is 16.3. The Kier molecular flexibility index (Phi) is 5.16. The summed E-state index contributed by atoms with van der Waals surface area (Å²) in [6.07, 6.45) is 0. The number of anilines is 1. The molecule has 2 rings (SSSR count). The lowest BCUT2D eigenvalue weighted by atomic mass is 10.1. The van der Waals surface area contributed by atoms with E-state index in [9.17, 15) is 14.7 Å². The number of rotatable bonds is 6. The van der Waals surface area contributed by atoms with Gasteiger partial charge in [0.2, 0.25) is 0 Å². The maximum atomic E-state index is 12.0. The number of phenols is 1. The normalized spacial score (nSPS) is 11.5. The van der Waals surface area contributed by atoms with Crippen molar-refractivity contribution < 1.29 is 24.5 Å². The standard InChI is InChI=1S/C16H16N2O5/c17-15(10-1-5-12(19)6-2-10)16(22)23-13-7-3-11(4-8-13)18-9-14(20)21/h1-8,15,18-19H,9,17H2,(H,20,21). The van der Waals surface area contributed by atoms with Crippen LogP contribution in [0.4, 0.5) is 5.69 Å². The lowest BCUT2D eigenvalue weighted by Gasteiger charge is -2.12. The number of phenolic OH excluding ortho intramolecular Hbond substituents is 1. The summed E-state index contributed by atoms with van der Waals surface area (Å²) in [4.78, 5) is 22.4. The number of carbonyl (C=O) groups is 2. The minimum atomic E-state index is -0.972. The van der Waals surface area contributed by atoms with Crippen molar-refractivity contribution in [1.29, 1.82) is 0 Å². The Labute approximate surface area is 132 Å². The van der Waals surface area contributed by atoms with Gasteiger partial charge in [-0.3, -0.25) is 4.79 Å². The van der Waals surface area contributed by atoms with Crippen molar-refractivity contribution in [2.24, 2.45) is 5.73 Å². The van der Waals surface area contributed by atoms with Crippen LogP contribution in [0.25, 0.3) is 0 Å². The minimum Gasteiger partial charge on any atom is -0.508 e. The number of carboxylic acid groups (broad SMARTS) is 1. The second-order valence-corrected chi connectivity index (χ2v) is 4.76. The van der Waals surface area contributed by atoms with Crippen molar-refractivity contribution in [2.75, 3.05) is 11.9 Å². The number of ether oxygens (including phenoxy) is 1. The van der Waals surface area contributed by atoms with Crippen LogP contribution >= 0.6 is 0 Å². The Bertz CT molecular complexity index is 683. The molecule has 0 heterocycles. The van der Waals surface area contributed by atoms with E-state index in [1.165, 1.54) is 24.3 Å². The van der Waals surface area contributed by atoms with E-state index in [0.29, 0.717) is 17.0 Å². The highest BCUT2D eigenvalue weighted by atomic mass is 16.5. The molecule has 0 aliphatic carbocycles. The van der Waals surface area contributed by atoms with Crippen molar-refractivity contribution in [3.63, 3.8) is 0 Å². The van der Waals surface area contributed by atoms with Crippen LogP contribution < -0.4 is 15.8 Å². The molecule has 1 unspecified atom stereocenters. The van der Waals surface area contributed by atoms with E-state index in [2.05, 4.69) is 5.32 Å². The van der Waals surface area contributed by atoms with Crippen LogP contribution in [0.15, 0.2) is 48.5 Å². The van der Waals surface area contributed by atoms with Gasteiger partial charge in [0.05, 0.1) is 0 Å². The van der Waals surface area contributed by atoms with E-state index in [1.54, 1.807) is 24.3 Å². The predicted octanol–water partition coefficient (Wildman–Crippen LogP) is 1.49. The van der Waals surface area contributed by atoms with Crippen LogP contribution in [0, 0.1) is 0 Å². The number of aliphatic carboxylic acids is 1. The van der Waals surface area contributed by atoms with Gasteiger partial charge in [-0.25, -0.2) is 4.79 Å². The van der Waals surface area contributed by atoms with Gasteiger partial charge < -0.3 is 26.0 Å². The highest BCUT2D eigenvalue weighted by Gasteiger charge is 2.18. The molecule has 120 valence electrons. The number of benzene rings is 2. The van der Waals surface area contributed by atoms with Gasteiger partial charge >= 0.3 is 11.9 Å². The van der Waals surface area contributed by atoms with Gasteiger partial charge in [-0.05, 0) is 42.0 Å². The maximum absolute atomic E-state index is 12.0. The van der Waals surface area contributed by atoms with Gasteiger partial charge in [0, 0.05) is 5.69 Å². The average Bonchev–Trinajstić information content (AvgIpc) is 2.54. The first-order valence-electron chi connectivity index (χ1n) is 6.77. The molecule has 0 radical (unpaired) electrons. The molecule has 23 heavy (non-hydrogen) atoms. The first-order chi connectivity index (χ1) is 11.0. The molecule has 0 aliphatic heterocycles. The number of hydrogen-bond acceptors (Lipinski definition) is 6. The lowest BCUT2D eigenvalue weighted by molar-refractivity contribution is -0.136. The minimum absolute atomic E-state index is 0.0822. The molecule has 0 aliphatic rings. The van der Waals surface area contributed by atoms with Crippen molar-refractivity contribution in [1.82, 2.24) is 0 Å². The number of aromatic hydroxyl groups is 1. The molecule has 0 bridgehead atoms. The lowest BCUT2D eigenvalue weighted by Crippen LogP contribution is -2.25. The highest BCUT2D eigenvalue weighted by molar-refractivity contribution is 5.79. The highest BCUT2D eigenvalue weighted by Crippen LogP contribution is 2.20. The molecule has 2 aromatic carbocycles. The van der Waals surface area contributed by atoms with Crippen LogP contribution in [0.5, 0.6) is 11.5 Å². The summed E-state index contributed by atoms with van der Waals surface area (Å²) in [6.45, 7) is -0.204. The smallest absolute Gasteiger partial charge is 0.332 e. The number of carbonyl (C=O) groups excluding carboxylic acids is 1. The summed E-state index contributed by atoms with van der Waals surface area (Å²) >= 11 is 0. The van der Waals surface area contributed by atoms with E-state index in [4.69, 9.17) is 15.6 Å². The van der Waals surface area contributed by atoms with Crippen LogP contribution in [0.1, 0.15) is 11.6 Å². The second kappa shape index (κ2) is 7.28. The topological polar surface area (TPSA) is 122 Å². The molecular weight excluding hydrogens is 300 g/mol. The van der Waals surface area contributed by atoms with Crippen molar-refractivity contribution in [2.45, 2.75) is 6.04 Å². The summed E-state index contributed by atoms with van der Waals surface area (Å²) in [6, 6.07) is 11.2. The predicted molar refractivity (Wildman–Crippen MR) is 83.2 cm³/mol. The van der Waals surface area contributed by atoms with E-state index in [-0.39, 0.29) is 12.3 Å². The largest absolute Gasteiger partial charge is 0.508 e. The van der Waals surface area contributed by atoms with Gasteiger partial charge in [0.1, 0.15) is 24.1 Å². The van der Waals surface area contributed by atoms with E-state index >= 15 is 0 Å². The second-order valence-electron chi connectivity index (χ2n) is 4.76. The van der Waals surface area contributed by atoms with E-state index < -0.39 is 18.0 Å². The van der Waals surface area contributed by atoms with Crippen molar-refractivity contribution in [3.05, 3.63) is 54.1 Å². The average molecular weight is 316 g/mol. The number of nitrogens with two attached hydrogens (primary N) is 1. The number of hydrogen-bond donors (Lipinski definition) is 4. The molecule has 0 saturated carbocycles. The third-order valence-electron chi connectivity index (χ3n) is 3.02. The summed E-state index contributed by atoms with van der Waals surface area (Å²) in [5.41, 5.74) is 6.93. The summed E-state index contributed by atoms with van der Waals surface area (Å²) in [7, 11) is 0. The molecule has 0 saturated heterocycles. The Balaban J connectivity index is 1.96. The molecule has 0 aromatic heterocycles. The zero-order chi connectivity index (χ0) is 16.8. The monoisotopic (exact) mass is 316 g/mol. The number of carboxylic acids is 1. The number of esters is 1. The summed E-state index contributed by atoms with van der Waals surface area (Å²) in [5.74, 6) is -1.23. The van der Waals surface area contributed by atoms with Gasteiger partial charge in [0.25, 0.3) is 0 Å². The molecule has 5 N–H and O–H groups in total. The quantitative estimate of drug-likeness (QED) is 0.470. The fourth-order valence-corrected chi connectivity index (χ4v) is 1.82. The number of nitrogens with one attached hydrogen (secondary N) is 1. The Morgan fingerprint density at radius 3 is 2.26 bits per heavy atom. The molecule has 1 atom stereocenters.